The zero-order valence-electron chi connectivity index (χ0n) is 16.1. The smallest absolute Gasteiger partial charge is 0.343 e. The maximum atomic E-state index is 11.3. The first-order valence-electron chi connectivity index (χ1n) is 8.69. The summed E-state index contributed by atoms with van der Waals surface area (Å²) < 4.78 is 7.77. The molecule has 0 bridgehead atoms. The SMILES string of the molecule is CC(C)(C)[Si](C)(C)OCCn1c([N+](=O)[O-])cnc1/C=C/c1ccccc1. The first-order chi connectivity index (χ1) is 12.1. The number of rotatable bonds is 7. The van der Waals surface area contributed by atoms with Gasteiger partial charge in [-0.3, -0.25) is 0 Å². The predicted octanol–water partition coefficient (Wildman–Crippen LogP) is 4.98. The molecule has 7 heteroatoms. The Hall–Kier alpha value is -2.25. The minimum absolute atomic E-state index is 0.0171. The van der Waals surface area contributed by atoms with Gasteiger partial charge in [0.25, 0.3) is 0 Å². The summed E-state index contributed by atoms with van der Waals surface area (Å²) in [4.78, 5) is 15.1. The molecule has 0 aliphatic carbocycles. The Morgan fingerprint density at radius 2 is 1.88 bits per heavy atom. The molecule has 0 aliphatic rings. The fourth-order valence-corrected chi connectivity index (χ4v) is 3.27. The summed E-state index contributed by atoms with van der Waals surface area (Å²) in [6.45, 7) is 11.7. The summed E-state index contributed by atoms with van der Waals surface area (Å²) >= 11 is 0. The van der Waals surface area contributed by atoms with Gasteiger partial charge in [0.2, 0.25) is 5.82 Å². The van der Waals surface area contributed by atoms with Crippen molar-refractivity contribution in [1.29, 1.82) is 0 Å². The van der Waals surface area contributed by atoms with Crippen LogP contribution in [0.25, 0.3) is 12.2 Å². The average Bonchev–Trinajstić information content (AvgIpc) is 2.96. The Bertz CT molecular complexity index is 777. The van der Waals surface area contributed by atoms with Crippen LogP contribution in [0.2, 0.25) is 18.1 Å². The Morgan fingerprint density at radius 3 is 2.46 bits per heavy atom. The van der Waals surface area contributed by atoms with E-state index in [9.17, 15) is 10.1 Å². The molecule has 2 rings (SSSR count). The van der Waals surface area contributed by atoms with Crippen molar-refractivity contribution in [2.45, 2.75) is 45.4 Å². The molecule has 0 radical (unpaired) electrons. The predicted molar refractivity (Wildman–Crippen MR) is 107 cm³/mol. The third-order valence-corrected chi connectivity index (χ3v) is 9.40. The van der Waals surface area contributed by atoms with E-state index in [0.717, 1.165) is 5.56 Å². The van der Waals surface area contributed by atoms with Gasteiger partial charge in [-0.2, -0.15) is 0 Å². The van der Waals surface area contributed by atoms with E-state index in [0.29, 0.717) is 19.0 Å². The minimum atomic E-state index is -1.89. The lowest BCUT2D eigenvalue weighted by atomic mass is 10.2. The van der Waals surface area contributed by atoms with E-state index < -0.39 is 13.2 Å². The van der Waals surface area contributed by atoms with Gasteiger partial charge in [-0.1, -0.05) is 51.1 Å². The normalized spacial score (nSPS) is 12.7. The lowest BCUT2D eigenvalue weighted by molar-refractivity contribution is -0.392. The maximum Gasteiger partial charge on any atom is 0.343 e. The summed E-state index contributed by atoms with van der Waals surface area (Å²) in [5.74, 6) is 0.538. The molecule has 0 atom stereocenters. The van der Waals surface area contributed by atoms with Crippen LogP contribution < -0.4 is 0 Å². The van der Waals surface area contributed by atoms with Gasteiger partial charge in [-0.05, 0) is 34.7 Å². The van der Waals surface area contributed by atoms with Crippen LogP contribution in [0.1, 0.15) is 32.2 Å². The molecule has 1 heterocycles. The van der Waals surface area contributed by atoms with Gasteiger partial charge in [0, 0.05) is 6.08 Å². The molecule has 0 aliphatic heterocycles. The van der Waals surface area contributed by atoms with Crippen molar-refractivity contribution in [1.82, 2.24) is 9.55 Å². The standard InChI is InChI=1S/C19H27N3O3Si/c1-19(2,3)26(4,5)25-14-13-21-17(20-15-18(21)22(23)24)12-11-16-9-7-6-8-10-16/h6-12,15H,13-14H2,1-5H3/b12-11+. The average molecular weight is 374 g/mol. The summed E-state index contributed by atoms with van der Waals surface area (Å²) in [6, 6.07) is 9.78. The molecule has 0 amide bonds. The van der Waals surface area contributed by atoms with Crippen LogP contribution in [-0.4, -0.2) is 29.4 Å². The number of nitro groups is 1. The minimum Gasteiger partial charge on any atom is -0.413 e. The second kappa shape index (κ2) is 7.97. The summed E-state index contributed by atoms with van der Waals surface area (Å²) in [5.41, 5.74) is 1.02. The molecule has 0 saturated heterocycles. The van der Waals surface area contributed by atoms with Gasteiger partial charge >= 0.3 is 5.82 Å². The lowest BCUT2D eigenvalue weighted by Crippen LogP contribution is -2.41. The van der Waals surface area contributed by atoms with Crippen molar-refractivity contribution in [2.24, 2.45) is 0 Å². The topological polar surface area (TPSA) is 70.2 Å². The molecule has 1 aromatic heterocycles. The van der Waals surface area contributed by atoms with Gasteiger partial charge in [-0.15, -0.1) is 0 Å². The Morgan fingerprint density at radius 1 is 1.23 bits per heavy atom. The monoisotopic (exact) mass is 373 g/mol. The van der Waals surface area contributed by atoms with Crippen LogP contribution in [0.4, 0.5) is 5.82 Å². The number of imidazole rings is 1. The molecule has 0 unspecified atom stereocenters. The second-order valence-electron chi connectivity index (χ2n) is 7.74. The van der Waals surface area contributed by atoms with Crippen molar-refractivity contribution >= 4 is 26.3 Å². The Balaban J connectivity index is 2.17. The van der Waals surface area contributed by atoms with Gasteiger partial charge in [0.15, 0.2) is 8.32 Å². The molecule has 6 nitrogen and oxygen atoms in total. The number of benzene rings is 1. The third-order valence-electron chi connectivity index (χ3n) is 4.86. The highest BCUT2D eigenvalue weighted by atomic mass is 28.4. The molecule has 2 aromatic rings. The zero-order chi connectivity index (χ0) is 19.4. The number of aromatic nitrogens is 2. The summed E-state index contributed by atoms with van der Waals surface area (Å²) in [5, 5.41) is 11.4. The van der Waals surface area contributed by atoms with Crippen LogP contribution in [0.5, 0.6) is 0 Å². The van der Waals surface area contributed by atoms with Gasteiger partial charge < -0.3 is 14.5 Å². The van der Waals surface area contributed by atoms with E-state index in [1.807, 2.05) is 36.4 Å². The summed E-state index contributed by atoms with van der Waals surface area (Å²) in [7, 11) is -1.89. The second-order valence-corrected chi connectivity index (χ2v) is 12.5. The molecule has 0 N–H and O–H groups in total. The van der Waals surface area contributed by atoms with Crippen molar-refractivity contribution in [3.63, 3.8) is 0 Å². The van der Waals surface area contributed by atoms with E-state index in [4.69, 9.17) is 4.43 Å². The first kappa shape index (κ1) is 20.1. The van der Waals surface area contributed by atoms with Crippen LogP contribution in [-0.2, 0) is 11.0 Å². The van der Waals surface area contributed by atoms with Gasteiger partial charge in [0.05, 0.1) is 6.61 Å². The van der Waals surface area contributed by atoms with Crippen LogP contribution in [0.15, 0.2) is 36.5 Å². The molecular weight excluding hydrogens is 346 g/mol. The van der Waals surface area contributed by atoms with Crippen LogP contribution in [0.3, 0.4) is 0 Å². The van der Waals surface area contributed by atoms with Crippen molar-refractivity contribution in [3.05, 3.63) is 58.0 Å². The van der Waals surface area contributed by atoms with E-state index in [-0.39, 0.29) is 10.9 Å². The van der Waals surface area contributed by atoms with Crippen LogP contribution in [0, 0.1) is 10.1 Å². The Labute approximate surface area is 155 Å². The number of hydrogen-bond acceptors (Lipinski definition) is 4. The van der Waals surface area contributed by atoms with Crippen molar-refractivity contribution < 1.29 is 9.35 Å². The van der Waals surface area contributed by atoms with Gasteiger partial charge in [0.1, 0.15) is 12.7 Å². The van der Waals surface area contributed by atoms with E-state index in [1.165, 1.54) is 6.20 Å². The number of nitrogens with zero attached hydrogens (tertiary/aromatic N) is 3. The lowest BCUT2D eigenvalue weighted by Gasteiger charge is -2.35. The zero-order valence-corrected chi connectivity index (χ0v) is 17.1. The van der Waals surface area contributed by atoms with E-state index >= 15 is 0 Å². The maximum absolute atomic E-state index is 11.3. The molecule has 0 fully saturated rings. The van der Waals surface area contributed by atoms with Gasteiger partial charge in [-0.25, -0.2) is 9.55 Å². The van der Waals surface area contributed by atoms with Crippen molar-refractivity contribution in [3.8, 4) is 0 Å². The number of hydrogen-bond donors (Lipinski definition) is 0. The highest BCUT2D eigenvalue weighted by Crippen LogP contribution is 2.36. The molecule has 140 valence electrons. The van der Waals surface area contributed by atoms with Crippen LogP contribution >= 0.6 is 0 Å². The molecule has 0 spiro atoms. The quantitative estimate of drug-likeness (QED) is 0.390. The third kappa shape index (κ3) is 4.89. The summed E-state index contributed by atoms with van der Waals surface area (Å²) in [6.07, 6.45) is 5.00. The van der Waals surface area contributed by atoms with Crippen molar-refractivity contribution in [2.75, 3.05) is 6.61 Å². The highest BCUT2D eigenvalue weighted by molar-refractivity contribution is 6.74. The largest absolute Gasteiger partial charge is 0.413 e. The Kier molecular flexibility index (Phi) is 6.15. The van der Waals surface area contributed by atoms with E-state index in [2.05, 4.69) is 38.8 Å². The first-order valence-corrected chi connectivity index (χ1v) is 11.6. The molecule has 26 heavy (non-hydrogen) atoms. The molecule has 0 saturated carbocycles. The molecule has 1 aromatic carbocycles. The van der Waals surface area contributed by atoms with E-state index in [1.54, 1.807) is 10.6 Å². The molecular formula is C19H27N3O3Si. The fraction of sp³-hybridized carbons (Fsp3) is 0.421. The highest BCUT2D eigenvalue weighted by Gasteiger charge is 2.37. The fourth-order valence-electron chi connectivity index (χ4n) is 2.23.